The minimum atomic E-state index is -0.765. The molecule has 112 valence electrons. The lowest BCUT2D eigenvalue weighted by atomic mass is 10.1. The molecule has 1 N–H and O–H groups in total. The predicted octanol–water partition coefficient (Wildman–Crippen LogP) is 2.63. The van der Waals surface area contributed by atoms with Gasteiger partial charge in [-0.25, -0.2) is 4.39 Å². The third-order valence-corrected chi connectivity index (χ3v) is 3.70. The third-order valence-electron chi connectivity index (χ3n) is 3.70. The lowest BCUT2D eigenvalue weighted by molar-refractivity contribution is 0.178. The van der Waals surface area contributed by atoms with Crippen LogP contribution >= 0.6 is 0 Å². The van der Waals surface area contributed by atoms with Crippen molar-refractivity contribution in [2.75, 3.05) is 24.6 Å². The molecule has 1 heterocycles. The molecule has 1 aliphatic heterocycles. The van der Waals surface area contributed by atoms with Crippen LogP contribution in [0.3, 0.4) is 0 Å². The van der Waals surface area contributed by atoms with Crippen LogP contribution in [0.25, 0.3) is 0 Å². The zero-order valence-corrected chi connectivity index (χ0v) is 11.9. The zero-order chi connectivity index (χ0) is 15.5. The van der Waals surface area contributed by atoms with Gasteiger partial charge in [0.05, 0.1) is 24.3 Å². The molecular weight excluding hydrogens is 283 g/mol. The fourth-order valence-corrected chi connectivity index (χ4v) is 2.57. The molecule has 0 bridgehead atoms. The quantitative estimate of drug-likeness (QED) is 0.946. The average Bonchev–Trinajstić information content (AvgIpc) is 2.55. The Morgan fingerprint density at radius 2 is 2.05 bits per heavy atom. The van der Waals surface area contributed by atoms with E-state index in [1.807, 2.05) is 6.07 Å². The minimum absolute atomic E-state index is 0.267. The van der Waals surface area contributed by atoms with E-state index in [0.717, 1.165) is 0 Å². The number of benzene rings is 2. The van der Waals surface area contributed by atoms with E-state index >= 15 is 0 Å². The summed E-state index contributed by atoms with van der Waals surface area (Å²) in [5, 5.41) is 19.2. The summed E-state index contributed by atoms with van der Waals surface area (Å²) < 4.78 is 19.5. The molecule has 1 aliphatic rings. The maximum absolute atomic E-state index is 14.0. The molecule has 5 heteroatoms. The summed E-state index contributed by atoms with van der Waals surface area (Å²) in [6.07, 6.45) is -0.765. The number of fused-ring (bicyclic) bond motifs is 1. The van der Waals surface area contributed by atoms with Gasteiger partial charge in [-0.3, -0.25) is 0 Å². The van der Waals surface area contributed by atoms with E-state index in [0.29, 0.717) is 35.7 Å². The highest BCUT2D eigenvalue weighted by molar-refractivity contribution is 5.61. The Labute approximate surface area is 128 Å². The molecule has 0 spiro atoms. The molecule has 2 aromatic carbocycles. The van der Waals surface area contributed by atoms with Crippen LogP contribution in [0, 0.1) is 17.1 Å². The summed E-state index contributed by atoms with van der Waals surface area (Å²) in [4.78, 5) is 1.79. The number of nitriles is 1. The van der Waals surface area contributed by atoms with Crippen LogP contribution in [0.4, 0.5) is 10.1 Å². The van der Waals surface area contributed by atoms with Crippen LogP contribution in [-0.2, 0) is 0 Å². The second kappa shape index (κ2) is 6.04. The first-order valence-corrected chi connectivity index (χ1v) is 7.03. The number of ether oxygens (including phenoxy) is 1. The highest BCUT2D eigenvalue weighted by atomic mass is 19.1. The van der Waals surface area contributed by atoms with E-state index in [9.17, 15) is 9.50 Å². The molecule has 22 heavy (non-hydrogen) atoms. The van der Waals surface area contributed by atoms with Crippen LogP contribution in [0.5, 0.6) is 5.75 Å². The SMILES string of the molecule is N#Cc1ccc(C(O)CN2CCOc3cccc(F)c32)cc1. The molecule has 0 saturated heterocycles. The fourth-order valence-electron chi connectivity index (χ4n) is 2.57. The number of anilines is 1. The Balaban J connectivity index is 1.80. The minimum Gasteiger partial charge on any atom is -0.489 e. The van der Waals surface area contributed by atoms with Crippen molar-refractivity contribution in [3.8, 4) is 11.8 Å². The second-order valence-corrected chi connectivity index (χ2v) is 5.13. The zero-order valence-electron chi connectivity index (χ0n) is 11.9. The summed E-state index contributed by atoms with van der Waals surface area (Å²) in [7, 11) is 0. The Morgan fingerprint density at radius 1 is 1.27 bits per heavy atom. The molecule has 0 saturated carbocycles. The number of nitrogens with zero attached hydrogens (tertiary/aromatic N) is 2. The number of para-hydroxylation sites is 1. The van der Waals surface area contributed by atoms with Gasteiger partial charge in [0.15, 0.2) is 0 Å². The Bertz CT molecular complexity index is 710. The van der Waals surface area contributed by atoms with Crippen molar-refractivity contribution >= 4 is 5.69 Å². The number of hydrogen-bond donors (Lipinski definition) is 1. The maximum Gasteiger partial charge on any atom is 0.150 e. The van der Waals surface area contributed by atoms with Gasteiger partial charge in [-0.15, -0.1) is 0 Å². The molecule has 1 atom stereocenters. The Hall–Kier alpha value is -2.58. The van der Waals surface area contributed by atoms with Gasteiger partial charge in [-0.1, -0.05) is 18.2 Å². The van der Waals surface area contributed by atoms with Crippen molar-refractivity contribution < 1.29 is 14.2 Å². The van der Waals surface area contributed by atoms with Gasteiger partial charge in [0.2, 0.25) is 0 Å². The molecular formula is C17H15FN2O2. The number of rotatable bonds is 3. The number of hydrogen-bond acceptors (Lipinski definition) is 4. The number of halogens is 1. The van der Waals surface area contributed by atoms with Crippen LogP contribution in [-0.4, -0.2) is 24.8 Å². The predicted molar refractivity (Wildman–Crippen MR) is 80.2 cm³/mol. The molecule has 4 nitrogen and oxygen atoms in total. The molecule has 0 aromatic heterocycles. The summed E-state index contributed by atoms with van der Waals surface area (Å²) in [6, 6.07) is 13.5. The van der Waals surface area contributed by atoms with Gasteiger partial charge in [0.1, 0.15) is 23.9 Å². The largest absolute Gasteiger partial charge is 0.489 e. The van der Waals surface area contributed by atoms with Crippen LogP contribution in [0.1, 0.15) is 17.2 Å². The van der Waals surface area contributed by atoms with Gasteiger partial charge in [0, 0.05) is 6.54 Å². The fraction of sp³-hybridized carbons (Fsp3) is 0.235. The van der Waals surface area contributed by atoms with Crippen molar-refractivity contribution in [2.45, 2.75) is 6.10 Å². The van der Waals surface area contributed by atoms with Crippen LogP contribution in [0.15, 0.2) is 42.5 Å². The van der Waals surface area contributed by atoms with Gasteiger partial charge in [-0.2, -0.15) is 5.26 Å². The lowest BCUT2D eigenvalue weighted by Gasteiger charge is -2.33. The van der Waals surface area contributed by atoms with Crippen molar-refractivity contribution in [3.05, 3.63) is 59.4 Å². The van der Waals surface area contributed by atoms with E-state index in [1.54, 1.807) is 41.3 Å². The molecule has 0 amide bonds. The Morgan fingerprint density at radius 3 is 2.77 bits per heavy atom. The summed E-state index contributed by atoms with van der Waals surface area (Å²) in [6.45, 7) is 1.24. The first-order valence-electron chi connectivity index (χ1n) is 7.03. The summed E-state index contributed by atoms with van der Waals surface area (Å²) in [5.74, 6) is 0.141. The van der Waals surface area contributed by atoms with E-state index in [1.165, 1.54) is 6.07 Å². The first kappa shape index (κ1) is 14.4. The molecule has 3 rings (SSSR count). The van der Waals surface area contributed by atoms with Crippen LogP contribution < -0.4 is 9.64 Å². The number of aliphatic hydroxyl groups excluding tert-OH is 1. The van der Waals surface area contributed by atoms with Gasteiger partial charge < -0.3 is 14.7 Å². The number of aliphatic hydroxyl groups is 1. The van der Waals surface area contributed by atoms with E-state index < -0.39 is 6.10 Å². The van der Waals surface area contributed by atoms with E-state index in [-0.39, 0.29) is 12.4 Å². The van der Waals surface area contributed by atoms with Gasteiger partial charge in [-0.05, 0) is 29.8 Å². The van der Waals surface area contributed by atoms with Crippen molar-refractivity contribution in [3.63, 3.8) is 0 Å². The third kappa shape index (κ3) is 2.74. The topological polar surface area (TPSA) is 56.5 Å². The van der Waals surface area contributed by atoms with Crippen molar-refractivity contribution in [1.82, 2.24) is 0 Å². The second-order valence-electron chi connectivity index (χ2n) is 5.13. The monoisotopic (exact) mass is 298 g/mol. The maximum atomic E-state index is 14.0. The molecule has 0 radical (unpaired) electrons. The average molecular weight is 298 g/mol. The Kier molecular flexibility index (Phi) is 3.94. The lowest BCUT2D eigenvalue weighted by Crippen LogP contribution is -2.36. The normalized spacial score (nSPS) is 14.7. The smallest absolute Gasteiger partial charge is 0.150 e. The molecule has 2 aromatic rings. The summed E-state index contributed by atoms with van der Waals surface area (Å²) in [5.41, 5.74) is 1.63. The molecule has 0 aliphatic carbocycles. The van der Waals surface area contributed by atoms with Gasteiger partial charge in [0.25, 0.3) is 0 Å². The molecule has 1 unspecified atom stereocenters. The highest BCUT2D eigenvalue weighted by Crippen LogP contribution is 2.34. The first-order chi connectivity index (χ1) is 10.7. The van der Waals surface area contributed by atoms with Crippen molar-refractivity contribution in [2.24, 2.45) is 0 Å². The van der Waals surface area contributed by atoms with Crippen LogP contribution in [0.2, 0.25) is 0 Å². The standard InChI is InChI=1S/C17H15FN2O2/c18-14-2-1-3-16-17(14)20(8-9-22-16)11-15(21)13-6-4-12(10-19)5-7-13/h1-7,15,21H,8-9,11H2. The highest BCUT2D eigenvalue weighted by Gasteiger charge is 2.24. The van der Waals surface area contributed by atoms with E-state index in [2.05, 4.69) is 0 Å². The van der Waals surface area contributed by atoms with Gasteiger partial charge >= 0.3 is 0 Å². The summed E-state index contributed by atoms with van der Waals surface area (Å²) >= 11 is 0. The van der Waals surface area contributed by atoms with Crippen molar-refractivity contribution in [1.29, 1.82) is 5.26 Å². The molecule has 0 fully saturated rings. The number of β-amino-alcohol motifs (C(OH)–C–C–N with tert-alkyl or cyclic N) is 1. The van der Waals surface area contributed by atoms with E-state index in [4.69, 9.17) is 10.00 Å².